The van der Waals surface area contributed by atoms with Gasteiger partial charge in [-0.3, -0.25) is 4.68 Å². The molecule has 120 valence electrons. The van der Waals surface area contributed by atoms with Crippen molar-refractivity contribution >= 4 is 11.0 Å². The highest BCUT2D eigenvalue weighted by Crippen LogP contribution is 2.29. The number of nitrogens with one attached hydrogen (secondary N) is 1. The first kappa shape index (κ1) is 14.5. The maximum absolute atomic E-state index is 5.96. The summed E-state index contributed by atoms with van der Waals surface area (Å²) in [6.07, 6.45) is 4.68. The fourth-order valence-corrected chi connectivity index (χ4v) is 3.31. The number of hydrogen-bond acceptors (Lipinski definition) is 4. The van der Waals surface area contributed by atoms with E-state index in [-0.39, 0.29) is 6.10 Å². The molecule has 1 N–H and O–H groups in total. The molecule has 0 unspecified atom stereocenters. The molecule has 0 radical (unpaired) electrons. The molecule has 1 saturated heterocycles. The highest BCUT2D eigenvalue weighted by atomic mass is 16.5. The number of rotatable bonds is 5. The van der Waals surface area contributed by atoms with Gasteiger partial charge in [0.25, 0.3) is 0 Å². The van der Waals surface area contributed by atoms with Gasteiger partial charge in [0.15, 0.2) is 0 Å². The molecule has 1 aromatic carbocycles. The van der Waals surface area contributed by atoms with Crippen LogP contribution in [0.5, 0.6) is 0 Å². The van der Waals surface area contributed by atoms with Crippen LogP contribution in [0.2, 0.25) is 0 Å². The largest absolute Gasteiger partial charge is 0.464 e. The molecule has 23 heavy (non-hydrogen) atoms. The zero-order valence-corrected chi connectivity index (χ0v) is 13.2. The first-order valence-corrected chi connectivity index (χ1v) is 8.18. The van der Waals surface area contributed by atoms with E-state index >= 15 is 0 Å². The zero-order valence-electron chi connectivity index (χ0n) is 13.2. The van der Waals surface area contributed by atoms with Crippen molar-refractivity contribution in [1.29, 1.82) is 0 Å². The van der Waals surface area contributed by atoms with Gasteiger partial charge in [-0.05, 0) is 43.2 Å². The minimum Gasteiger partial charge on any atom is -0.464 e. The van der Waals surface area contributed by atoms with Gasteiger partial charge in [0.2, 0.25) is 0 Å². The van der Waals surface area contributed by atoms with Crippen LogP contribution in [0.25, 0.3) is 11.0 Å². The fourth-order valence-electron chi connectivity index (χ4n) is 3.31. The molecular formula is C18H21N3O2. The molecule has 2 atom stereocenters. The minimum absolute atomic E-state index is 0.0788. The number of nitrogens with zero attached hydrogens (tertiary/aromatic N) is 2. The highest BCUT2D eigenvalue weighted by molar-refractivity contribution is 5.77. The van der Waals surface area contributed by atoms with Crippen LogP contribution < -0.4 is 5.32 Å². The molecule has 5 heteroatoms. The van der Waals surface area contributed by atoms with E-state index in [1.807, 2.05) is 23.0 Å². The first-order valence-electron chi connectivity index (χ1n) is 8.18. The van der Waals surface area contributed by atoms with Gasteiger partial charge in [0, 0.05) is 37.3 Å². The average Bonchev–Trinajstić information content (AvgIpc) is 3.30. The predicted molar refractivity (Wildman–Crippen MR) is 88.1 cm³/mol. The molecule has 0 aliphatic carbocycles. The van der Waals surface area contributed by atoms with Gasteiger partial charge in [-0.25, -0.2) is 0 Å². The van der Waals surface area contributed by atoms with Gasteiger partial charge in [-0.1, -0.05) is 6.07 Å². The van der Waals surface area contributed by atoms with Gasteiger partial charge in [0.1, 0.15) is 11.7 Å². The van der Waals surface area contributed by atoms with E-state index in [0.717, 1.165) is 42.8 Å². The van der Waals surface area contributed by atoms with E-state index in [1.165, 1.54) is 5.56 Å². The number of hydrogen-bond donors (Lipinski definition) is 1. The molecule has 0 amide bonds. The van der Waals surface area contributed by atoms with Crippen molar-refractivity contribution < 1.29 is 9.15 Å². The van der Waals surface area contributed by atoms with Crippen LogP contribution in [0, 0.1) is 0 Å². The first-order chi connectivity index (χ1) is 11.3. The topological polar surface area (TPSA) is 52.2 Å². The Labute approximate surface area is 135 Å². The third-order valence-corrected chi connectivity index (χ3v) is 4.52. The summed E-state index contributed by atoms with van der Waals surface area (Å²) in [6.45, 7) is 4.59. The molecule has 0 bridgehead atoms. The second kappa shape index (κ2) is 6.18. The standard InChI is InChI=1S/C18H21N3O2/c1-2-21-16(5-8-20-21)18-15(7-10-23-18)19-12-13-3-4-17-14(11-13)6-9-22-17/h3-6,8-9,11,15,18-19H,2,7,10,12H2,1H3/t15-,18-/m0/s1. The Kier molecular flexibility index (Phi) is 3.89. The van der Waals surface area contributed by atoms with E-state index < -0.39 is 0 Å². The number of fused-ring (bicyclic) bond motifs is 1. The van der Waals surface area contributed by atoms with Crippen molar-refractivity contribution in [3.8, 4) is 0 Å². The van der Waals surface area contributed by atoms with Crippen LogP contribution in [0.4, 0.5) is 0 Å². The molecule has 0 spiro atoms. The lowest BCUT2D eigenvalue weighted by Crippen LogP contribution is -2.32. The van der Waals surface area contributed by atoms with E-state index in [0.29, 0.717) is 6.04 Å². The summed E-state index contributed by atoms with van der Waals surface area (Å²) in [7, 11) is 0. The smallest absolute Gasteiger partial charge is 0.133 e. The summed E-state index contributed by atoms with van der Waals surface area (Å²) in [5, 5.41) is 9.15. The Bertz CT molecular complexity index is 792. The Balaban J connectivity index is 1.47. The van der Waals surface area contributed by atoms with Crippen LogP contribution in [0.1, 0.15) is 30.7 Å². The number of benzene rings is 1. The summed E-state index contributed by atoms with van der Waals surface area (Å²) in [6, 6.07) is 10.7. The van der Waals surface area contributed by atoms with E-state index in [2.05, 4.69) is 35.5 Å². The molecule has 1 aliphatic heterocycles. The lowest BCUT2D eigenvalue weighted by molar-refractivity contribution is 0.0911. The van der Waals surface area contributed by atoms with Crippen LogP contribution in [-0.4, -0.2) is 22.4 Å². The maximum Gasteiger partial charge on any atom is 0.133 e. The molecule has 1 aliphatic rings. The van der Waals surface area contributed by atoms with Crippen molar-refractivity contribution in [1.82, 2.24) is 15.1 Å². The molecule has 5 nitrogen and oxygen atoms in total. The molecule has 3 aromatic rings. The van der Waals surface area contributed by atoms with Gasteiger partial charge < -0.3 is 14.5 Å². The number of aryl methyl sites for hydroxylation is 1. The third kappa shape index (κ3) is 2.78. The average molecular weight is 311 g/mol. The van der Waals surface area contributed by atoms with Crippen molar-refractivity contribution in [3.05, 3.63) is 54.0 Å². The Morgan fingerprint density at radius 1 is 1.30 bits per heavy atom. The number of aromatic nitrogens is 2. The summed E-state index contributed by atoms with van der Waals surface area (Å²) >= 11 is 0. The lowest BCUT2D eigenvalue weighted by Gasteiger charge is -2.21. The summed E-state index contributed by atoms with van der Waals surface area (Å²) < 4.78 is 13.4. The molecule has 2 aromatic heterocycles. The lowest BCUT2D eigenvalue weighted by atomic mass is 10.1. The predicted octanol–water partition coefficient (Wildman–Crippen LogP) is 3.27. The Hall–Kier alpha value is -2.11. The third-order valence-electron chi connectivity index (χ3n) is 4.52. The van der Waals surface area contributed by atoms with Crippen molar-refractivity contribution in [2.45, 2.75) is 38.6 Å². The maximum atomic E-state index is 5.96. The normalized spacial score (nSPS) is 21.3. The van der Waals surface area contributed by atoms with E-state index in [1.54, 1.807) is 6.26 Å². The second-order valence-electron chi connectivity index (χ2n) is 5.93. The number of furan rings is 1. The Morgan fingerprint density at radius 3 is 3.17 bits per heavy atom. The van der Waals surface area contributed by atoms with Gasteiger partial charge in [-0.15, -0.1) is 0 Å². The summed E-state index contributed by atoms with van der Waals surface area (Å²) in [5.74, 6) is 0. The monoisotopic (exact) mass is 311 g/mol. The van der Waals surface area contributed by atoms with Crippen LogP contribution in [-0.2, 0) is 17.8 Å². The highest BCUT2D eigenvalue weighted by Gasteiger charge is 2.31. The molecule has 0 saturated carbocycles. The van der Waals surface area contributed by atoms with Crippen molar-refractivity contribution in [3.63, 3.8) is 0 Å². The van der Waals surface area contributed by atoms with E-state index in [4.69, 9.17) is 9.15 Å². The Morgan fingerprint density at radius 2 is 2.26 bits per heavy atom. The van der Waals surface area contributed by atoms with Crippen LogP contribution in [0.15, 0.2) is 47.2 Å². The van der Waals surface area contributed by atoms with Crippen LogP contribution >= 0.6 is 0 Å². The fraction of sp³-hybridized carbons (Fsp3) is 0.389. The summed E-state index contributed by atoms with van der Waals surface area (Å²) in [4.78, 5) is 0. The van der Waals surface area contributed by atoms with E-state index in [9.17, 15) is 0 Å². The van der Waals surface area contributed by atoms with Crippen molar-refractivity contribution in [2.24, 2.45) is 0 Å². The van der Waals surface area contributed by atoms with Gasteiger partial charge >= 0.3 is 0 Å². The summed E-state index contributed by atoms with van der Waals surface area (Å²) in [5.41, 5.74) is 3.35. The molecular weight excluding hydrogens is 290 g/mol. The second-order valence-corrected chi connectivity index (χ2v) is 5.93. The van der Waals surface area contributed by atoms with Gasteiger partial charge in [0.05, 0.1) is 12.0 Å². The van der Waals surface area contributed by atoms with Crippen LogP contribution in [0.3, 0.4) is 0 Å². The van der Waals surface area contributed by atoms with Crippen molar-refractivity contribution in [2.75, 3.05) is 6.61 Å². The van der Waals surface area contributed by atoms with Gasteiger partial charge in [-0.2, -0.15) is 5.10 Å². The minimum atomic E-state index is 0.0788. The molecule has 4 rings (SSSR count). The zero-order chi connectivity index (χ0) is 15.6. The molecule has 3 heterocycles. The quantitative estimate of drug-likeness (QED) is 0.786. The molecule has 1 fully saturated rings. The SMILES string of the molecule is CCn1nccc1[C@H]1OCC[C@@H]1NCc1ccc2occc2c1. The number of ether oxygens (including phenoxy) is 1.